The molecule has 1 aromatic heterocycles. The monoisotopic (exact) mass is 382 g/mol. The van der Waals surface area contributed by atoms with E-state index in [9.17, 15) is 19.2 Å². The molecular weight excluding hydrogens is 364 g/mol. The maximum absolute atomic E-state index is 13.0. The molecule has 1 aromatic carbocycles. The third-order valence-electron chi connectivity index (χ3n) is 4.93. The first-order valence-electron chi connectivity index (χ1n) is 8.73. The molecule has 1 unspecified atom stereocenters. The van der Waals surface area contributed by atoms with E-state index in [1.165, 1.54) is 4.68 Å². The predicted octanol–water partition coefficient (Wildman–Crippen LogP) is 0.0156. The number of piperidine rings is 1. The van der Waals surface area contributed by atoms with E-state index in [0.717, 1.165) is 4.90 Å². The Kier molecular flexibility index (Phi) is 4.10. The van der Waals surface area contributed by atoms with Gasteiger partial charge < -0.3 is 11.1 Å². The lowest BCUT2D eigenvalue weighted by atomic mass is 10.0. The van der Waals surface area contributed by atoms with Gasteiger partial charge in [-0.1, -0.05) is 12.1 Å². The minimum Gasteiger partial charge on any atom is -0.384 e. The molecule has 4 amide bonds. The Morgan fingerprint density at radius 3 is 2.71 bits per heavy atom. The van der Waals surface area contributed by atoms with Crippen LogP contribution in [0.2, 0.25) is 0 Å². The number of fused-ring (bicyclic) bond motifs is 1. The summed E-state index contributed by atoms with van der Waals surface area (Å²) in [5.74, 6) is -1.08. The lowest BCUT2D eigenvalue weighted by Gasteiger charge is -2.27. The number of nitrogen functional groups attached to an aromatic ring is 1. The zero-order valence-corrected chi connectivity index (χ0v) is 15.1. The molecule has 4 N–H and O–H groups in total. The van der Waals surface area contributed by atoms with E-state index in [1.54, 1.807) is 31.3 Å². The third-order valence-corrected chi connectivity index (χ3v) is 4.93. The SMILES string of the molecule is Cn1nc(NCc2cccc3c2C(=O)N(C2CCC(=O)NC2=O)C3=O)cc1N. The summed E-state index contributed by atoms with van der Waals surface area (Å²) < 4.78 is 1.51. The molecule has 2 aliphatic rings. The van der Waals surface area contributed by atoms with E-state index in [1.807, 2.05) is 0 Å². The van der Waals surface area contributed by atoms with Crippen LogP contribution in [0.1, 0.15) is 39.1 Å². The highest BCUT2D eigenvalue weighted by Crippen LogP contribution is 2.30. The second kappa shape index (κ2) is 6.48. The molecule has 1 saturated heterocycles. The number of rotatable bonds is 4. The summed E-state index contributed by atoms with van der Waals surface area (Å²) in [7, 11) is 1.71. The summed E-state index contributed by atoms with van der Waals surface area (Å²) in [6.45, 7) is 0.252. The highest BCUT2D eigenvalue weighted by atomic mass is 16.2. The van der Waals surface area contributed by atoms with Crippen LogP contribution in [-0.2, 0) is 23.2 Å². The van der Waals surface area contributed by atoms with Gasteiger partial charge in [0.2, 0.25) is 11.8 Å². The molecule has 0 saturated carbocycles. The van der Waals surface area contributed by atoms with Crippen LogP contribution < -0.4 is 16.4 Å². The van der Waals surface area contributed by atoms with Gasteiger partial charge in [0.15, 0.2) is 0 Å². The van der Waals surface area contributed by atoms with Gasteiger partial charge in [-0.25, -0.2) is 0 Å². The summed E-state index contributed by atoms with van der Waals surface area (Å²) in [4.78, 5) is 50.3. The van der Waals surface area contributed by atoms with Crippen molar-refractivity contribution < 1.29 is 19.2 Å². The van der Waals surface area contributed by atoms with Crippen LogP contribution in [0.25, 0.3) is 0 Å². The lowest BCUT2D eigenvalue weighted by Crippen LogP contribution is -2.54. The van der Waals surface area contributed by atoms with Gasteiger partial charge >= 0.3 is 0 Å². The average Bonchev–Trinajstić information content (AvgIpc) is 3.11. The van der Waals surface area contributed by atoms with Crippen molar-refractivity contribution >= 4 is 35.3 Å². The van der Waals surface area contributed by atoms with Crippen LogP contribution in [-0.4, -0.2) is 44.4 Å². The molecule has 2 aromatic rings. The Labute approximate surface area is 159 Å². The van der Waals surface area contributed by atoms with E-state index >= 15 is 0 Å². The fourth-order valence-corrected chi connectivity index (χ4v) is 3.49. The van der Waals surface area contributed by atoms with Crippen molar-refractivity contribution in [2.75, 3.05) is 11.1 Å². The molecule has 144 valence electrons. The predicted molar refractivity (Wildman–Crippen MR) is 98.1 cm³/mol. The van der Waals surface area contributed by atoms with Crippen molar-refractivity contribution in [3.8, 4) is 0 Å². The number of anilines is 2. The van der Waals surface area contributed by atoms with Crippen molar-refractivity contribution in [2.45, 2.75) is 25.4 Å². The van der Waals surface area contributed by atoms with Gasteiger partial charge in [0.05, 0.1) is 11.1 Å². The first kappa shape index (κ1) is 17.7. The first-order valence-corrected chi connectivity index (χ1v) is 8.73. The minimum absolute atomic E-state index is 0.0827. The Hall–Kier alpha value is -3.69. The van der Waals surface area contributed by atoms with E-state index in [4.69, 9.17) is 5.73 Å². The number of carbonyl (C=O) groups excluding carboxylic acids is 4. The highest BCUT2D eigenvalue weighted by Gasteiger charge is 2.45. The fourth-order valence-electron chi connectivity index (χ4n) is 3.49. The summed E-state index contributed by atoms with van der Waals surface area (Å²) in [6, 6.07) is 5.65. The van der Waals surface area contributed by atoms with Gasteiger partial charge in [-0.15, -0.1) is 0 Å². The number of nitrogens with zero attached hydrogens (tertiary/aromatic N) is 3. The summed E-state index contributed by atoms with van der Waals surface area (Å²) in [6.07, 6.45) is 0.205. The van der Waals surface area contributed by atoms with Gasteiger partial charge in [-0.2, -0.15) is 5.10 Å². The Morgan fingerprint density at radius 2 is 2.04 bits per heavy atom. The van der Waals surface area contributed by atoms with Crippen molar-refractivity contribution in [3.05, 3.63) is 41.0 Å². The molecule has 0 bridgehead atoms. The van der Waals surface area contributed by atoms with E-state index in [-0.39, 0.29) is 30.5 Å². The summed E-state index contributed by atoms with van der Waals surface area (Å²) >= 11 is 0. The molecule has 10 nitrogen and oxygen atoms in total. The van der Waals surface area contributed by atoms with Crippen LogP contribution in [0.15, 0.2) is 24.3 Å². The normalized spacial score (nSPS) is 19.0. The molecule has 4 rings (SSSR count). The van der Waals surface area contributed by atoms with Gasteiger partial charge in [0.1, 0.15) is 17.7 Å². The fraction of sp³-hybridized carbons (Fsp3) is 0.278. The molecule has 2 aliphatic heterocycles. The second-order valence-corrected chi connectivity index (χ2v) is 6.72. The van der Waals surface area contributed by atoms with Gasteiger partial charge in [0.25, 0.3) is 11.8 Å². The first-order chi connectivity index (χ1) is 13.4. The molecule has 1 atom stereocenters. The van der Waals surface area contributed by atoms with Crippen molar-refractivity contribution in [1.82, 2.24) is 20.0 Å². The average molecular weight is 382 g/mol. The number of nitrogens with one attached hydrogen (secondary N) is 2. The van der Waals surface area contributed by atoms with Crippen LogP contribution in [0.3, 0.4) is 0 Å². The van der Waals surface area contributed by atoms with E-state index in [0.29, 0.717) is 17.2 Å². The molecule has 28 heavy (non-hydrogen) atoms. The van der Waals surface area contributed by atoms with Crippen LogP contribution in [0.4, 0.5) is 11.6 Å². The summed E-state index contributed by atoms with van der Waals surface area (Å²) in [5.41, 5.74) is 6.87. The Morgan fingerprint density at radius 1 is 1.25 bits per heavy atom. The zero-order chi connectivity index (χ0) is 20.0. The van der Waals surface area contributed by atoms with E-state index in [2.05, 4.69) is 15.7 Å². The third kappa shape index (κ3) is 2.79. The quantitative estimate of drug-likeness (QED) is 0.633. The molecule has 1 fully saturated rings. The number of aromatic nitrogens is 2. The van der Waals surface area contributed by atoms with Gasteiger partial charge in [-0.3, -0.25) is 34.1 Å². The zero-order valence-electron chi connectivity index (χ0n) is 15.1. The lowest BCUT2D eigenvalue weighted by molar-refractivity contribution is -0.136. The molecule has 0 spiro atoms. The topological polar surface area (TPSA) is 139 Å². The number of amides is 4. The largest absolute Gasteiger partial charge is 0.384 e. The van der Waals surface area contributed by atoms with Crippen molar-refractivity contribution in [3.63, 3.8) is 0 Å². The number of aryl methyl sites for hydroxylation is 1. The number of hydrogen-bond acceptors (Lipinski definition) is 7. The second-order valence-electron chi connectivity index (χ2n) is 6.72. The smallest absolute Gasteiger partial charge is 0.262 e. The Bertz CT molecular complexity index is 1010. The number of imide groups is 2. The number of benzene rings is 1. The van der Waals surface area contributed by atoms with Crippen LogP contribution in [0.5, 0.6) is 0 Å². The van der Waals surface area contributed by atoms with E-state index < -0.39 is 29.7 Å². The molecule has 0 aliphatic carbocycles. The van der Waals surface area contributed by atoms with Crippen LogP contribution >= 0.6 is 0 Å². The standard InChI is InChI=1S/C18H18N6O4/c1-23-12(19)7-13(22-23)20-8-9-3-2-4-10-15(9)18(28)24(17(10)27)11-5-6-14(25)21-16(11)26/h2-4,7,11H,5-6,8,19H2,1H3,(H,20,22)(H,21,25,26). The molecular formula is C18H18N6O4. The number of carbonyl (C=O) groups is 4. The Balaban J connectivity index is 1.60. The maximum atomic E-state index is 13.0. The van der Waals surface area contributed by atoms with Crippen molar-refractivity contribution in [1.29, 1.82) is 0 Å². The van der Waals surface area contributed by atoms with Gasteiger partial charge in [-0.05, 0) is 18.1 Å². The minimum atomic E-state index is -0.985. The summed E-state index contributed by atoms with van der Waals surface area (Å²) in [5, 5.41) is 9.45. The molecule has 10 heteroatoms. The number of nitrogens with two attached hydrogens (primary N) is 1. The maximum Gasteiger partial charge on any atom is 0.262 e. The van der Waals surface area contributed by atoms with Crippen molar-refractivity contribution in [2.24, 2.45) is 7.05 Å². The molecule has 0 radical (unpaired) electrons. The molecule has 3 heterocycles. The number of hydrogen-bond donors (Lipinski definition) is 3. The highest BCUT2D eigenvalue weighted by molar-refractivity contribution is 6.24. The van der Waals surface area contributed by atoms with Gasteiger partial charge in [0, 0.05) is 26.1 Å². The van der Waals surface area contributed by atoms with Crippen LogP contribution in [0, 0.1) is 0 Å².